The highest BCUT2D eigenvalue weighted by Gasteiger charge is 2.21. The predicted octanol–water partition coefficient (Wildman–Crippen LogP) is 2.70. The summed E-state index contributed by atoms with van der Waals surface area (Å²) >= 11 is 1.96. The zero-order valence-corrected chi connectivity index (χ0v) is 11.0. The van der Waals surface area contributed by atoms with Crippen LogP contribution in [0.4, 0.5) is 0 Å². The molecule has 1 atom stereocenters. The largest absolute Gasteiger partial charge is 0.339 e. The first kappa shape index (κ1) is 12.9. The van der Waals surface area contributed by atoms with Gasteiger partial charge in [-0.1, -0.05) is 18.0 Å². The van der Waals surface area contributed by atoms with E-state index in [0.29, 0.717) is 5.25 Å². The van der Waals surface area contributed by atoms with Crippen molar-refractivity contribution in [3.8, 4) is 0 Å². The Morgan fingerprint density at radius 3 is 3.00 bits per heavy atom. The maximum atomic E-state index is 5.46. The van der Waals surface area contributed by atoms with Crippen molar-refractivity contribution in [1.29, 1.82) is 0 Å². The average Bonchev–Trinajstić information content (AvgIpc) is 2.85. The Morgan fingerprint density at radius 2 is 2.24 bits per heavy atom. The van der Waals surface area contributed by atoms with Crippen LogP contribution in [0.15, 0.2) is 4.52 Å². The smallest absolute Gasteiger partial charge is 0.226 e. The van der Waals surface area contributed by atoms with Gasteiger partial charge in [0.25, 0.3) is 0 Å². The van der Waals surface area contributed by atoms with Gasteiger partial charge < -0.3 is 10.3 Å². The molecule has 0 saturated carbocycles. The first-order valence-corrected chi connectivity index (χ1v) is 7.59. The maximum absolute atomic E-state index is 5.46. The molecule has 1 unspecified atom stereocenters. The third-order valence-corrected chi connectivity index (χ3v) is 4.42. The van der Waals surface area contributed by atoms with E-state index in [2.05, 4.69) is 10.1 Å². The van der Waals surface area contributed by atoms with Gasteiger partial charge in [0.2, 0.25) is 5.89 Å². The van der Waals surface area contributed by atoms with Crippen molar-refractivity contribution in [2.45, 2.75) is 50.2 Å². The van der Waals surface area contributed by atoms with Gasteiger partial charge in [0, 0.05) is 6.42 Å². The van der Waals surface area contributed by atoms with Crippen molar-refractivity contribution < 1.29 is 4.52 Å². The third kappa shape index (κ3) is 4.00. The van der Waals surface area contributed by atoms with Crippen LogP contribution in [0.2, 0.25) is 0 Å². The first-order valence-electron chi connectivity index (χ1n) is 6.54. The average molecular weight is 255 g/mol. The van der Waals surface area contributed by atoms with Crippen molar-refractivity contribution >= 4 is 11.8 Å². The fourth-order valence-electron chi connectivity index (χ4n) is 2.04. The molecule has 1 aliphatic rings. The van der Waals surface area contributed by atoms with Gasteiger partial charge in [-0.25, -0.2) is 0 Å². The molecular formula is C12H21N3OS. The van der Waals surface area contributed by atoms with Crippen molar-refractivity contribution in [2.75, 3.05) is 12.3 Å². The highest BCUT2D eigenvalue weighted by Crippen LogP contribution is 2.36. The van der Waals surface area contributed by atoms with Crippen LogP contribution in [-0.2, 0) is 6.42 Å². The van der Waals surface area contributed by atoms with E-state index in [4.69, 9.17) is 10.3 Å². The number of thioether (sulfide) groups is 1. The minimum atomic E-state index is 0.463. The Morgan fingerprint density at radius 1 is 1.29 bits per heavy atom. The molecule has 0 spiro atoms. The lowest BCUT2D eigenvalue weighted by Crippen LogP contribution is -2.04. The second kappa shape index (κ2) is 7.01. The van der Waals surface area contributed by atoms with E-state index < -0.39 is 0 Å². The molecule has 0 aromatic carbocycles. The molecule has 0 bridgehead atoms. The SMILES string of the molecule is NCCCCCc1nc(C2CCCCS2)no1. The van der Waals surface area contributed by atoms with Crippen LogP contribution in [0.25, 0.3) is 0 Å². The molecule has 0 amide bonds. The van der Waals surface area contributed by atoms with Crippen LogP contribution < -0.4 is 5.73 Å². The van der Waals surface area contributed by atoms with Crippen LogP contribution in [0, 0.1) is 0 Å². The summed E-state index contributed by atoms with van der Waals surface area (Å²) in [6.45, 7) is 0.772. The molecule has 17 heavy (non-hydrogen) atoms. The van der Waals surface area contributed by atoms with Crippen LogP contribution in [0.3, 0.4) is 0 Å². The number of unbranched alkanes of at least 4 members (excludes halogenated alkanes) is 2. The zero-order chi connectivity index (χ0) is 11.9. The summed E-state index contributed by atoms with van der Waals surface area (Å²) in [6.07, 6.45) is 8.02. The molecule has 1 aromatic heterocycles. The number of aryl methyl sites for hydroxylation is 1. The summed E-state index contributed by atoms with van der Waals surface area (Å²) in [5.41, 5.74) is 5.46. The van der Waals surface area contributed by atoms with Gasteiger partial charge >= 0.3 is 0 Å². The van der Waals surface area contributed by atoms with Gasteiger partial charge in [-0.05, 0) is 38.0 Å². The van der Waals surface area contributed by atoms with Crippen LogP contribution in [0.5, 0.6) is 0 Å². The Kier molecular flexibility index (Phi) is 5.32. The number of nitrogens with two attached hydrogens (primary N) is 1. The van der Waals surface area contributed by atoms with Gasteiger partial charge in [0.15, 0.2) is 5.82 Å². The topological polar surface area (TPSA) is 64.9 Å². The molecule has 1 saturated heterocycles. The molecule has 96 valence electrons. The number of nitrogens with zero attached hydrogens (tertiary/aromatic N) is 2. The Bertz CT molecular complexity index is 323. The van der Waals surface area contributed by atoms with Gasteiger partial charge in [-0.15, -0.1) is 0 Å². The van der Waals surface area contributed by atoms with Gasteiger partial charge in [-0.3, -0.25) is 0 Å². The highest BCUT2D eigenvalue weighted by atomic mass is 32.2. The van der Waals surface area contributed by atoms with Crippen molar-refractivity contribution in [1.82, 2.24) is 10.1 Å². The Balaban J connectivity index is 1.78. The molecule has 1 fully saturated rings. The van der Waals surface area contributed by atoms with Gasteiger partial charge in [0.1, 0.15) is 0 Å². The van der Waals surface area contributed by atoms with E-state index >= 15 is 0 Å². The second-order valence-electron chi connectivity index (χ2n) is 4.50. The standard InChI is InChI=1S/C12H21N3OS/c13-8-4-1-2-7-11-14-12(15-16-11)10-6-3-5-9-17-10/h10H,1-9,13H2. The van der Waals surface area contributed by atoms with E-state index in [1.165, 1.54) is 25.0 Å². The summed E-state index contributed by atoms with van der Waals surface area (Å²) < 4.78 is 5.29. The molecule has 4 nitrogen and oxygen atoms in total. The summed E-state index contributed by atoms with van der Waals surface area (Å²) in [7, 11) is 0. The maximum Gasteiger partial charge on any atom is 0.226 e. The van der Waals surface area contributed by atoms with Crippen LogP contribution in [0.1, 0.15) is 55.5 Å². The van der Waals surface area contributed by atoms with Crippen LogP contribution >= 0.6 is 11.8 Å². The molecule has 2 heterocycles. The molecule has 5 heteroatoms. The summed E-state index contributed by atoms with van der Waals surface area (Å²) in [6, 6.07) is 0. The molecule has 2 rings (SSSR count). The lowest BCUT2D eigenvalue weighted by molar-refractivity contribution is 0.368. The minimum Gasteiger partial charge on any atom is -0.339 e. The fourth-order valence-corrected chi connectivity index (χ4v) is 3.28. The molecule has 2 N–H and O–H groups in total. The van der Waals surface area contributed by atoms with Crippen LogP contribution in [-0.4, -0.2) is 22.4 Å². The number of hydrogen-bond acceptors (Lipinski definition) is 5. The summed E-state index contributed by atoms with van der Waals surface area (Å²) in [4.78, 5) is 4.50. The van der Waals surface area contributed by atoms with E-state index in [9.17, 15) is 0 Å². The number of aromatic nitrogens is 2. The third-order valence-electron chi connectivity index (χ3n) is 3.05. The number of rotatable bonds is 6. The lowest BCUT2D eigenvalue weighted by atomic mass is 10.2. The predicted molar refractivity (Wildman–Crippen MR) is 70.0 cm³/mol. The van der Waals surface area contributed by atoms with E-state index in [-0.39, 0.29) is 0 Å². The Labute approximate surface area is 107 Å². The van der Waals surface area contributed by atoms with Crippen molar-refractivity contribution in [3.63, 3.8) is 0 Å². The van der Waals surface area contributed by atoms with Crippen molar-refractivity contribution in [2.24, 2.45) is 5.73 Å². The Hall–Kier alpha value is -0.550. The summed E-state index contributed by atoms with van der Waals surface area (Å²) in [5.74, 6) is 2.93. The van der Waals surface area contributed by atoms with Crippen molar-refractivity contribution in [3.05, 3.63) is 11.7 Å². The normalized spacial score (nSPS) is 20.6. The first-order chi connectivity index (χ1) is 8.40. The zero-order valence-electron chi connectivity index (χ0n) is 10.2. The quantitative estimate of drug-likeness (QED) is 0.792. The molecule has 0 aliphatic carbocycles. The summed E-state index contributed by atoms with van der Waals surface area (Å²) in [5, 5.41) is 4.57. The molecule has 1 aliphatic heterocycles. The van der Waals surface area contributed by atoms with E-state index in [1.807, 2.05) is 11.8 Å². The molecule has 0 radical (unpaired) electrons. The molecular weight excluding hydrogens is 234 g/mol. The minimum absolute atomic E-state index is 0.463. The van der Waals surface area contributed by atoms with Gasteiger partial charge in [-0.2, -0.15) is 16.7 Å². The van der Waals surface area contributed by atoms with Gasteiger partial charge in [0.05, 0.1) is 5.25 Å². The van der Waals surface area contributed by atoms with E-state index in [1.54, 1.807) is 0 Å². The highest BCUT2D eigenvalue weighted by molar-refractivity contribution is 7.99. The monoisotopic (exact) mass is 255 g/mol. The fraction of sp³-hybridized carbons (Fsp3) is 0.833. The van der Waals surface area contributed by atoms with E-state index in [0.717, 1.165) is 43.9 Å². The molecule has 1 aromatic rings. The lowest BCUT2D eigenvalue weighted by Gasteiger charge is -2.17. The second-order valence-corrected chi connectivity index (χ2v) is 5.81. The number of hydrogen-bond donors (Lipinski definition) is 1.